The van der Waals surface area contributed by atoms with Crippen molar-refractivity contribution >= 4 is 12.0 Å². The lowest BCUT2D eigenvalue weighted by Crippen LogP contribution is -2.41. The minimum absolute atomic E-state index is 0.136. The van der Waals surface area contributed by atoms with Crippen molar-refractivity contribution in [2.75, 3.05) is 26.2 Å². The van der Waals surface area contributed by atoms with E-state index in [2.05, 4.69) is 39.3 Å². The van der Waals surface area contributed by atoms with E-state index >= 15 is 0 Å². The van der Waals surface area contributed by atoms with Gasteiger partial charge >= 0.3 is 0 Å². The van der Waals surface area contributed by atoms with Gasteiger partial charge in [-0.25, -0.2) is 0 Å². The Labute approximate surface area is 166 Å². The molecule has 148 valence electrons. The molecule has 0 aliphatic carbocycles. The zero-order valence-corrected chi connectivity index (χ0v) is 16.5. The first kappa shape index (κ1) is 18.9. The number of carbonyl (C=O) groups excluding carboxylic acids is 1. The fraction of sp³-hybridized carbons (Fsp3) is 0.500. The number of likely N-dealkylation sites (tertiary alicyclic amines) is 2. The van der Waals surface area contributed by atoms with Crippen molar-refractivity contribution in [3.8, 4) is 0 Å². The van der Waals surface area contributed by atoms with Crippen LogP contribution in [0.2, 0.25) is 0 Å². The summed E-state index contributed by atoms with van der Waals surface area (Å²) in [7, 11) is 0. The Morgan fingerprint density at radius 3 is 2.71 bits per heavy atom. The topological polar surface area (TPSA) is 62.5 Å². The van der Waals surface area contributed by atoms with Crippen molar-refractivity contribution in [3.63, 3.8) is 0 Å². The molecular weight excluding hydrogens is 352 g/mol. The van der Waals surface area contributed by atoms with Crippen LogP contribution in [0.25, 0.3) is 6.08 Å². The van der Waals surface area contributed by atoms with Gasteiger partial charge in [-0.2, -0.15) is 4.98 Å². The third-order valence-electron chi connectivity index (χ3n) is 5.94. The van der Waals surface area contributed by atoms with Gasteiger partial charge in [0.1, 0.15) is 0 Å². The van der Waals surface area contributed by atoms with Gasteiger partial charge in [0.25, 0.3) is 0 Å². The highest BCUT2D eigenvalue weighted by molar-refractivity contribution is 5.79. The fourth-order valence-corrected chi connectivity index (χ4v) is 4.24. The molecule has 0 atom stereocenters. The Kier molecular flexibility index (Phi) is 5.57. The van der Waals surface area contributed by atoms with E-state index in [9.17, 15) is 4.79 Å². The summed E-state index contributed by atoms with van der Waals surface area (Å²) in [4.78, 5) is 21.3. The van der Waals surface area contributed by atoms with Crippen LogP contribution in [0.4, 0.5) is 0 Å². The molecule has 6 heteroatoms. The van der Waals surface area contributed by atoms with Crippen LogP contribution in [-0.4, -0.2) is 52.0 Å². The number of benzene rings is 1. The molecule has 2 saturated heterocycles. The summed E-state index contributed by atoms with van der Waals surface area (Å²) >= 11 is 0. The second-order valence-corrected chi connectivity index (χ2v) is 8.00. The molecule has 0 radical (unpaired) electrons. The molecule has 6 nitrogen and oxygen atoms in total. The van der Waals surface area contributed by atoms with Gasteiger partial charge < -0.3 is 9.42 Å². The molecule has 28 heavy (non-hydrogen) atoms. The number of amides is 1. The molecule has 0 unspecified atom stereocenters. The van der Waals surface area contributed by atoms with E-state index in [0.29, 0.717) is 25.4 Å². The zero-order valence-electron chi connectivity index (χ0n) is 16.5. The molecule has 0 saturated carbocycles. The predicted molar refractivity (Wildman–Crippen MR) is 107 cm³/mol. The molecule has 0 N–H and O–H groups in total. The average Bonchev–Trinajstić information content (AvgIpc) is 3.29. The molecule has 4 rings (SSSR count). The van der Waals surface area contributed by atoms with Crippen LogP contribution in [0.3, 0.4) is 0 Å². The predicted octanol–water partition coefficient (Wildman–Crippen LogP) is 3.16. The van der Waals surface area contributed by atoms with E-state index in [1.165, 1.54) is 5.56 Å². The van der Waals surface area contributed by atoms with E-state index < -0.39 is 0 Å². The zero-order chi connectivity index (χ0) is 19.4. The Hall–Kier alpha value is -2.47. The molecule has 2 aliphatic rings. The lowest BCUT2D eigenvalue weighted by Gasteiger charge is -2.38. The van der Waals surface area contributed by atoms with Crippen molar-refractivity contribution in [2.24, 2.45) is 5.41 Å². The number of hydrogen-bond donors (Lipinski definition) is 0. The third-order valence-corrected chi connectivity index (χ3v) is 5.94. The monoisotopic (exact) mass is 380 g/mol. The van der Waals surface area contributed by atoms with Gasteiger partial charge in [0.15, 0.2) is 5.82 Å². The smallest absolute Gasteiger partial charge is 0.240 e. The van der Waals surface area contributed by atoms with Crippen LogP contribution >= 0.6 is 0 Å². The number of aromatic nitrogens is 2. The van der Waals surface area contributed by atoms with Crippen LogP contribution in [-0.2, 0) is 17.8 Å². The van der Waals surface area contributed by atoms with Crippen LogP contribution in [0.5, 0.6) is 0 Å². The van der Waals surface area contributed by atoms with E-state index in [4.69, 9.17) is 4.52 Å². The second-order valence-electron chi connectivity index (χ2n) is 8.00. The summed E-state index contributed by atoms with van der Waals surface area (Å²) in [6.07, 6.45) is 7.76. The third kappa shape index (κ3) is 4.33. The minimum Gasteiger partial charge on any atom is -0.338 e. The maximum absolute atomic E-state index is 12.5. The molecule has 0 bridgehead atoms. The largest absolute Gasteiger partial charge is 0.338 e. The summed E-state index contributed by atoms with van der Waals surface area (Å²) in [5.74, 6) is 1.75. The van der Waals surface area contributed by atoms with Gasteiger partial charge in [-0.1, -0.05) is 54.6 Å². The molecule has 2 aliphatic heterocycles. The number of piperidine rings is 1. The number of hydrogen-bond acceptors (Lipinski definition) is 5. The Morgan fingerprint density at radius 2 is 2.00 bits per heavy atom. The SMILES string of the molecule is CCc1noc(CN2CCC3(CC2)CC(=O)N(CC=Cc2ccccc2)C3)n1. The number of nitrogens with zero attached hydrogens (tertiary/aromatic N) is 4. The normalized spacial score (nSPS) is 19.9. The fourth-order valence-electron chi connectivity index (χ4n) is 4.24. The summed E-state index contributed by atoms with van der Waals surface area (Å²) in [6.45, 7) is 6.26. The Morgan fingerprint density at radius 1 is 1.21 bits per heavy atom. The average molecular weight is 380 g/mol. The van der Waals surface area contributed by atoms with Crippen molar-refractivity contribution in [3.05, 3.63) is 53.7 Å². The van der Waals surface area contributed by atoms with E-state index in [-0.39, 0.29) is 11.3 Å². The second kappa shape index (κ2) is 8.27. The maximum atomic E-state index is 12.5. The molecule has 1 amide bonds. The van der Waals surface area contributed by atoms with Crippen molar-refractivity contribution < 1.29 is 9.32 Å². The van der Waals surface area contributed by atoms with Crippen LogP contribution in [0.15, 0.2) is 40.9 Å². The van der Waals surface area contributed by atoms with Gasteiger partial charge in [-0.05, 0) is 36.9 Å². The minimum atomic E-state index is 0.136. The highest BCUT2D eigenvalue weighted by Crippen LogP contribution is 2.41. The maximum Gasteiger partial charge on any atom is 0.240 e. The van der Waals surface area contributed by atoms with Crippen molar-refractivity contribution in [2.45, 2.75) is 39.2 Å². The highest BCUT2D eigenvalue weighted by atomic mass is 16.5. The first-order valence-electron chi connectivity index (χ1n) is 10.2. The Bertz CT molecular complexity index is 822. The number of aryl methyl sites for hydroxylation is 1. The molecule has 2 fully saturated rings. The molecule has 1 spiro atoms. The number of rotatable bonds is 6. The molecule has 2 aromatic rings. The summed E-state index contributed by atoms with van der Waals surface area (Å²) in [5, 5.41) is 3.97. The van der Waals surface area contributed by atoms with Crippen LogP contribution in [0.1, 0.15) is 43.5 Å². The summed E-state index contributed by atoms with van der Waals surface area (Å²) < 4.78 is 5.32. The lowest BCUT2D eigenvalue weighted by atomic mass is 9.77. The molecule has 3 heterocycles. The van der Waals surface area contributed by atoms with Gasteiger partial charge in [-0.3, -0.25) is 9.69 Å². The van der Waals surface area contributed by atoms with Gasteiger partial charge in [-0.15, -0.1) is 0 Å². The summed E-state index contributed by atoms with van der Waals surface area (Å²) in [5.41, 5.74) is 1.31. The van der Waals surface area contributed by atoms with Crippen molar-refractivity contribution in [1.29, 1.82) is 0 Å². The van der Waals surface area contributed by atoms with E-state index in [1.807, 2.05) is 30.0 Å². The molecule has 1 aromatic carbocycles. The van der Waals surface area contributed by atoms with E-state index in [1.54, 1.807) is 0 Å². The number of carbonyl (C=O) groups is 1. The molecular formula is C22H28N4O2. The van der Waals surface area contributed by atoms with Gasteiger partial charge in [0.05, 0.1) is 6.54 Å². The molecule has 1 aromatic heterocycles. The van der Waals surface area contributed by atoms with Gasteiger partial charge in [0.2, 0.25) is 11.8 Å². The quantitative estimate of drug-likeness (QED) is 0.770. The summed E-state index contributed by atoms with van der Waals surface area (Å²) in [6, 6.07) is 10.2. The first-order chi connectivity index (χ1) is 13.7. The lowest BCUT2D eigenvalue weighted by molar-refractivity contribution is -0.127. The van der Waals surface area contributed by atoms with Crippen molar-refractivity contribution in [1.82, 2.24) is 19.9 Å². The first-order valence-corrected chi connectivity index (χ1v) is 10.2. The van der Waals surface area contributed by atoms with E-state index in [0.717, 1.165) is 44.7 Å². The van der Waals surface area contributed by atoms with Gasteiger partial charge in [0, 0.05) is 25.9 Å². The highest BCUT2D eigenvalue weighted by Gasteiger charge is 2.44. The standard InChI is InChI=1S/C22H28N4O2/c1-2-19-23-20(28-24-19)16-25-13-10-22(11-14-25)15-21(27)26(17-22)12-6-9-18-7-4-3-5-8-18/h3-9H,2,10-17H2,1H3. The Balaban J connectivity index is 1.28. The van der Waals surface area contributed by atoms with Crippen LogP contribution < -0.4 is 0 Å². The van der Waals surface area contributed by atoms with Crippen LogP contribution in [0, 0.1) is 5.41 Å².